The number of pyridine rings is 1. The van der Waals surface area contributed by atoms with Gasteiger partial charge in [-0.2, -0.15) is 0 Å². The topological polar surface area (TPSA) is 28.2 Å². The van der Waals surface area contributed by atoms with E-state index in [2.05, 4.69) is 35.2 Å². The van der Waals surface area contributed by atoms with E-state index in [1.807, 2.05) is 7.05 Å². The van der Waals surface area contributed by atoms with Crippen LogP contribution >= 0.6 is 0 Å². The molecule has 1 N–H and O–H groups in total. The van der Waals surface area contributed by atoms with Crippen LogP contribution < -0.4 is 10.2 Å². The van der Waals surface area contributed by atoms with Gasteiger partial charge in [-0.05, 0) is 49.9 Å². The zero-order valence-corrected chi connectivity index (χ0v) is 12.7. The van der Waals surface area contributed by atoms with Crippen LogP contribution in [0.3, 0.4) is 0 Å². The zero-order valence-electron chi connectivity index (χ0n) is 12.7. The van der Waals surface area contributed by atoms with Gasteiger partial charge in [0.15, 0.2) is 0 Å². The van der Waals surface area contributed by atoms with E-state index in [0.717, 1.165) is 37.7 Å². The molecule has 0 atom stereocenters. The molecule has 1 heterocycles. The van der Waals surface area contributed by atoms with Crippen molar-refractivity contribution in [2.75, 3.05) is 25.0 Å². The van der Waals surface area contributed by atoms with Crippen molar-refractivity contribution in [2.24, 2.45) is 5.92 Å². The number of nitrogens with zero attached hydrogens (tertiary/aromatic N) is 2. The molecule has 1 aliphatic carbocycles. The Morgan fingerprint density at radius 1 is 1.45 bits per heavy atom. The molecule has 0 spiro atoms. The number of anilines is 1. The molecule has 0 unspecified atom stereocenters. The minimum Gasteiger partial charge on any atom is -0.345 e. The zero-order chi connectivity index (χ0) is 14.4. The number of hydrogen-bond acceptors (Lipinski definition) is 3. The molecule has 0 saturated heterocycles. The number of aromatic nitrogens is 1. The van der Waals surface area contributed by atoms with Crippen molar-refractivity contribution in [1.82, 2.24) is 10.3 Å². The Labute approximate surface area is 122 Å². The van der Waals surface area contributed by atoms with Crippen LogP contribution in [-0.4, -0.2) is 25.1 Å². The molecule has 108 valence electrons. The van der Waals surface area contributed by atoms with Crippen molar-refractivity contribution in [3.8, 4) is 12.3 Å². The van der Waals surface area contributed by atoms with Gasteiger partial charge in [-0.1, -0.05) is 19.3 Å². The molecule has 0 aromatic carbocycles. The van der Waals surface area contributed by atoms with Crippen LogP contribution in [0.1, 0.15) is 37.4 Å². The van der Waals surface area contributed by atoms with Gasteiger partial charge in [-0.3, -0.25) is 0 Å². The fourth-order valence-corrected chi connectivity index (χ4v) is 2.45. The van der Waals surface area contributed by atoms with Gasteiger partial charge in [0, 0.05) is 18.8 Å². The normalized spacial score (nSPS) is 14.1. The van der Waals surface area contributed by atoms with Crippen LogP contribution in [0.25, 0.3) is 0 Å². The lowest BCUT2D eigenvalue weighted by molar-refractivity contribution is 0.743. The van der Waals surface area contributed by atoms with E-state index in [4.69, 9.17) is 11.4 Å². The summed E-state index contributed by atoms with van der Waals surface area (Å²) in [4.78, 5) is 7.07. The van der Waals surface area contributed by atoms with E-state index in [0.29, 0.717) is 6.54 Å². The van der Waals surface area contributed by atoms with E-state index in [1.54, 1.807) is 0 Å². The summed E-state index contributed by atoms with van der Waals surface area (Å²) in [6.07, 6.45) is 10.3. The van der Waals surface area contributed by atoms with Crippen LogP contribution in [0, 0.1) is 18.3 Å². The Kier molecular flexibility index (Phi) is 5.43. The minimum atomic E-state index is 0.651. The molecular formula is C17H25N3. The second kappa shape index (κ2) is 7.31. The van der Waals surface area contributed by atoms with Crippen LogP contribution in [0.5, 0.6) is 0 Å². The van der Waals surface area contributed by atoms with Gasteiger partial charge in [-0.15, -0.1) is 6.42 Å². The number of rotatable bonds is 8. The smallest absolute Gasteiger partial charge is 0.129 e. The predicted molar refractivity (Wildman–Crippen MR) is 84.8 cm³/mol. The molecule has 1 aromatic rings. The van der Waals surface area contributed by atoms with Crippen molar-refractivity contribution < 1.29 is 0 Å². The molecule has 0 aliphatic heterocycles. The second-order valence-electron chi connectivity index (χ2n) is 5.63. The number of terminal acetylenes is 1. The number of hydrogen-bond donors (Lipinski definition) is 1. The van der Waals surface area contributed by atoms with Crippen molar-refractivity contribution in [3.05, 3.63) is 23.4 Å². The highest BCUT2D eigenvalue weighted by atomic mass is 15.2. The lowest BCUT2D eigenvalue weighted by Crippen LogP contribution is -2.27. The first-order valence-corrected chi connectivity index (χ1v) is 7.59. The highest BCUT2D eigenvalue weighted by Gasteiger charge is 2.25. The van der Waals surface area contributed by atoms with Gasteiger partial charge in [0.2, 0.25) is 0 Å². The quantitative estimate of drug-likeness (QED) is 0.737. The average molecular weight is 271 g/mol. The van der Waals surface area contributed by atoms with Crippen LogP contribution in [0.4, 0.5) is 5.82 Å². The first-order valence-electron chi connectivity index (χ1n) is 7.59. The molecule has 1 fully saturated rings. The maximum Gasteiger partial charge on any atom is 0.129 e. The molecule has 0 radical (unpaired) electrons. The Hall–Kier alpha value is -1.53. The van der Waals surface area contributed by atoms with Gasteiger partial charge in [0.1, 0.15) is 5.82 Å². The third kappa shape index (κ3) is 4.25. The first-order chi connectivity index (χ1) is 9.76. The predicted octanol–water partition coefficient (Wildman–Crippen LogP) is 2.60. The Morgan fingerprint density at radius 3 is 2.85 bits per heavy atom. The second-order valence-corrected chi connectivity index (χ2v) is 5.63. The van der Waals surface area contributed by atoms with Crippen molar-refractivity contribution in [1.29, 1.82) is 0 Å². The average Bonchev–Trinajstić information content (AvgIpc) is 3.23. The largest absolute Gasteiger partial charge is 0.345 e. The Morgan fingerprint density at radius 2 is 2.25 bits per heavy atom. The van der Waals surface area contributed by atoms with E-state index in [1.165, 1.54) is 24.1 Å². The van der Waals surface area contributed by atoms with Gasteiger partial charge in [0.25, 0.3) is 0 Å². The maximum atomic E-state index is 5.52. The van der Waals surface area contributed by atoms with E-state index in [9.17, 15) is 0 Å². The molecule has 0 amide bonds. The summed E-state index contributed by atoms with van der Waals surface area (Å²) in [5.74, 6) is 4.63. The summed E-state index contributed by atoms with van der Waals surface area (Å²) >= 11 is 0. The summed E-state index contributed by atoms with van der Waals surface area (Å²) in [6, 6.07) is 4.38. The van der Waals surface area contributed by atoms with Crippen molar-refractivity contribution in [2.45, 2.75) is 39.2 Å². The lowest BCUT2D eigenvalue weighted by atomic mass is 10.1. The SMILES string of the molecule is C#CCN(CC1CC1)c1cc(CNC)cc(CCC)n1. The third-order valence-corrected chi connectivity index (χ3v) is 3.59. The summed E-state index contributed by atoms with van der Waals surface area (Å²) < 4.78 is 0. The Balaban J connectivity index is 2.22. The molecule has 3 nitrogen and oxygen atoms in total. The van der Waals surface area contributed by atoms with Gasteiger partial charge >= 0.3 is 0 Å². The van der Waals surface area contributed by atoms with Crippen LogP contribution in [0.2, 0.25) is 0 Å². The number of nitrogens with one attached hydrogen (secondary N) is 1. The Bertz CT molecular complexity index is 447. The van der Waals surface area contributed by atoms with E-state index < -0.39 is 0 Å². The van der Waals surface area contributed by atoms with Gasteiger partial charge in [0.05, 0.1) is 6.54 Å². The van der Waals surface area contributed by atoms with Crippen molar-refractivity contribution >= 4 is 5.82 Å². The molecule has 1 aliphatic rings. The summed E-state index contributed by atoms with van der Waals surface area (Å²) in [6.45, 7) is 4.76. The monoisotopic (exact) mass is 271 g/mol. The molecule has 1 saturated carbocycles. The standard InChI is InChI=1S/C17H25N3/c1-4-6-16-10-15(12-18-3)11-17(19-16)20(9-5-2)13-14-7-8-14/h2,10-11,14,18H,4,6-9,12-13H2,1,3H3. The number of aryl methyl sites for hydroxylation is 1. The minimum absolute atomic E-state index is 0.651. The summed E-state index contributed by atoms with van der Waals surface area (Å²) in [5.41, 5.74) is 2.46. The molecule has 3 heteroatoms. The summed E-state index contributed by atoms with van der Waals surface area (Å²) in [5, 5.41) is 3.22. The highest BCUT2D eigenvalue weighted by Crippen LogP contribution is 2.31. The van der Waals surface area contributed by atoms with Crippen LogP contribution in [0.15, 0.2) is 12.1 Å². The molecular weight excluding hydrogens is 246 g/mol. The third-order valence-electron chi connectivity index (χ3n) is 3.59. The first kappa shape index (κ1) is 14.9. The highest BCUT2D eigenvalue weighted by molar-refractivity contribution is 5.44. The van der Waals surface area contributed by atoms with Crippen molar-refractivity contribution in [3.63, 3.8) is 0 Å². The fourth-order valence-electron chi connectivity index (χ4n) is 2.45. The molecule has 20 heavy (non-hydrogen) atoms. The molecule has 1 aromatic heterocycles. The summed E-state index contributed by atoms with van der Waals surface area (Å²) in [7, 11) is 1.98. The van der Waals surface area contributed by atoms with Gasteiger partial charge < -0.3 is 10.2 Å². The van der Waals surface area contributed by atoms with E-state index in [-0.39, 0.29) is 0 Å². The lowest BCUT2D eigenvalue weighted by Gasteiger charge is -2.22. The van der Waals surface area contributed by atoms with Crippen LogP contribution in [-0.2, 0) is 13.0 Å². The molecule has 2 rings (SSSR count). The fraction of sp³-hybridized carbons (Fsp3) is 0.588. The maximum absolute atomic E-state index is 5.52. The van der Waals surface area contributed by atoms with Gasteiger partial charge in [-0.25, -0.2) is 4.98 Å². The van der Waals surface area contributed by atoms with E-state index >= 15 is 0 Å². The molecule has 0 bridgehead atoms.